The maximum absolute atomic E-state index is 13.3. The number of Topliss-reactive ketones (excluding diaryl/α,β-unsaturated/α-hetero) is 1. The second-order valence-electron chi connectivity index (χ2n) is 7.29. The van der Waals surface area contributed by atoms with E-state index in [1.54, 1.807) is 24.3 Å². The van der Waals surface area contributed by atoms with E-state index in [2.05, 4.69) is 11.1 Å². The zero-order valence-electron chi connectivity index (χ0n) is 15.8. The molecule has 0 aliphatic heterocycles. The van der Waals surface area contributed by atoms with Crippen molar-refractivity contribution in [3.05, 3.63) is 100 Å². The highest BCUT2D eigenvalue weighted by atomic mass is 32.1. The highest BCUT2D eigenvalue weighted by Crippen LogP contribution is 2.39. The minimum atomic E-state index is -0.150. The number of aromatic amines is 1. The lowest BCUT2D eigenvalue weighted by molar-refractivity contribution is 0.0986. The first-order chi connectivity index (χ1) is 14.1. The third-order valence-corrected chi connectivity index (χ3v) is 5.90. The predicted octanol–water partition coefficient (Wildman–Crippen LogP) is 5.57. The number of benzene rings is 2. The van der Waals surface area contributed by atoms with Crippen LogP contribution in [0.25, 0.3) is 16.5 Å². The Kier molecular flexibility index (Phi) is 4.03. The Labute approximate surface area is 173 Å². The van der Waals surface area contributed by atoms with Gasteiger partial charge in [-0.15, -0.1) is 0 Å². The van der Waals surface area contributed by atoms with Gasteiger partial charge in [0.1, 0.15) is 0 Å². The summed E-state index contributed by atoms with van der Waals surface area (Å²) in [4.78, 5) is 30.2. The van der Waals surface area contributed by atoms with Gasteiger partial charge in [0, 0.05) is 55.7 Å². The van der Waals surface area contributed by atoms with E-state index in [1.807, 2.05) is 37.3 Å². The SMILES string of the molecule is Cc1[nH]c2ccccc2c1C1=C(C2=CC(=O)c3ccccc3C2=O)C=CCC1=S. The van der Waals surface area contributed by atoms with Crippen LogP contribution in [0.2, 0.25) is 0 Å². The number of fused-ring (bicyclic) bond motifs is 2. The minimum Gasteiger partial charge on any atom is -0.358 e. The van der Waals surface area contributed by atoms with Gasteiger partial charge in [-0.3, -0.25) is 9.59 Å². The largest absolute Gasteiger partial charge is 0.358 e. The molecule has 3 nitrogen and oxygen atoms in total. The van der Waals surface area contributed by atoms with Gasteiger partial charge in [0.05, 0.1) is 0 Å². The Bertz CT molecular complexity index is 1330. The van der Waals surface area contributed by atoms with E-state index in [9.17, 15) is 9.59 Å². The van der Waals surface area contributed by atoms with Gasteiger partial charge in [-0.25, -0.2) is 0 Å². The lowest BCUT2D eigenvalue weighted by Gasteiger charge is -2.22. The molecule has 1 N–H and O–H groups in total. The maximum atomic E-state index is 13.3. The summed E-state index contributed by atoms with van der Waals surface area (Å²) in [6.07, 6.45) is 5.99. The van der Waals surface area contributed by atoms with Crippen LogP contribution in [0.15, 0.2) is 77.9 Å². The average Bonchev–Trinajstić information content (AvgIpc) is 3.06. The Balaban J connectivity index is 1.79. The maximum Gasteiger partial charge on any atom is 0.194 e. The van der Waals surface area contributed by atoms with Crippen molar-refractivity contribution in [2.24, 2.45) is 0 Å². The number of para-hydroxylation sites is 1. The van der Waals surface area contributed by atoms with E-state index in [0.717, 1.165) is 38.2 Å². The van der Waals surface area contributed by atoms with Crippen LogP contribution in [-0.4, -0.2) is 21.4 Å². The van der Waals surface area contributed by atoms with Gasteiger partial charge in [0.25, 0.3) is 0 Å². The quantitative estimate of drug-likeness (QED) is 0.578. The standard InChI is InChI=1S/C25H17NO2S/c1-14-23(18-9-4-5-11-20(18)26-14)24-16(10-6-12-22(24)29)19-13-21(27)15-7-2-3-8-17(15)25(19)28/h2-11,13,26H,12H2,1H3. The molecular formula is C25H17NO2S. The molecule has 1 aromatic heterocycles. The number of carbonyl (C=O) groups excluding carboxylic acids is 2. The van der Waals surface area contributed by atoms with Crippen molar-refractivity contribution in [2.45, 2.75) is 13.3 Å². The molecule has 0 bridgehead atoms. The Hall–Kier alpha value is -3.37. The molecule has 0 spiro atoms. The van der Waals surface area contributed by atoms with Gasteiger partial charge in [0.15, 0.2) is 11.6 Å². The van der Waals surface area contributed by atoms with Gasteiger partial charge in [-0.1, -0.05) is 66.8 Å². The monoisotopic (exact) mass is 395 g/mol. The van der Waals surface area contributed by atoms with Crippen LogP contribution < -0.4 is 0 Å². The first kappa shape index (κ1) is 17.7. The molecule has 2 aliphatic rings. The van der Waals surface area contributed by atoms with Crippen LogP contribution in [0.3, 0.4) is 0 Å². The molecular weight excluding hydrogens is 378 g/mol. The summed E-state index contributed by atoms with van der Waals surface area (Å²) in [5.41, 5.74) is 5.92. The molecule has 4 heteroatoms. The van der Waals surface area contributed by atoms with E-state index < -0.39 is 0 Å². The number of aromatic nitrogens is 1. The van der Waals surface area contributed by atoms with E-state index in [0.29, 0.717) is 23.1 Å². The summed E-state index contributed by atoms with van der Waals surface area (Å²) in [5, 5.41) is 1.06. The van der Waals surface area contributed by atoms with Crippen molar-refractivity contribution in [2.75, 3.05) is 0 Å². The molecule has 0 atom stereocenters. The van der Waals surface area contributed by atoms with Crippen molar-refractivity contribution >= 4 is 45.1 Å². The van der Waals surface area contributed by atoms with Crippen molar-refractivity contribution in [1.82, 2.24) is 4.98 Å². The van der Waals surface area contributed by atoms with Crippen LogP contribution in [0.1, 0.15) is 38.4 Å². The van der Waals surface area contributed by atoms with Crippen molar-refractivity contribution in [3.63, 3.8) is 0 Å². The zero-order chi connectivity index (χ0) is 20.1. The van der Waals surface area contributed by atoms with E-state index in [4.69, 9.17) is 12.2 Å². The van der Waals surface area contributed by atoms with Crippen molar-refractivity contribution in [3.8, 4) is 0 Å². The normalized spacial score (nSPS) is 16.4. The molecule has 2 aromatic carbocycles. The highest BCUT2D eigenvalue weighted by Gasteiger charge is 2.30. The van der Waals surface area contributed by atoms with Crippen LogP contribution >= 0.6 is 12.2 Å². The first-order valence-electron chi connectivity index (χ1n) is 9.48. The molecule has 0 fully saturated rings. The third kappa shape index (κ3) is 2.68. The van der Waals surface area contributed by atoms with E-state index >= 15 is 0 Å². The number of allylic oxidation sites excluding steroid dienone is 6. The Morgan fingerprint density at radius 2 is 1.69 bits per heavy atom. The topological polar surface area (TPSA) is 49.9 Å². The van der Waals surface area contributed by atoms with E-state index in [1.165, 1.54) is 6.08 Å². The van der Waals surface area contributed by atoms with E-state index in [-0.39, 0.29) is 11.6 Å². The summed E-state index contributed by atoms with van der Waals surface area (Å²) in [6, 6.07) is 15.0. The molecule has 1 heterocycles. The third-order valence-electron chi connectivity index (χ3n) is 5.53. The lowest BCUT2D eigenvalue weighted by Crippen LogP contribution is -2.20. The fraction of sp³-hybridized carbons (Fsp3) is 0.0800. The number of H-pyrrole nitrogens is 1. The minimum absolute atomic E-state index is 0.139. The number of hydrogen-bond donors (Lipinski definition) is 1. The summed E-state index contributed by atoms with van der Waals surface area (Å²) in [7, 11) is 0. The summed E-state index contributed by atoms with van der Waals surface area (Å²) < 4.78 is 0. The molecule has 0 unspecified atom stereocenters. The van der Waals surface area contributed by atoms with Crippen molar-refractivity contribution < 1.29 is 9.59 Å². The zero-order valence-corrected chi connectivity index (χ0v) is 16.6. The van der Waals surface area contributed by atoms with Gasteiger partial charge < -0.3 is 4.98 Å². The molecule has 3 aromatic rings. The molecule has 29 heavy (non-hydrogen) atoms. The number of rotatable bonds is 2. The van der Waals surface area contributed by atoms with Crippen LogP contribution in [0.4, 0.5) is 0 Å². The molecule has 0 amide bonds. The molecule has 0 saturated carbocycles. The second kappa shape index (κ2) is 6.61. The number of aryl methyl sites for hydroxylation is 1. The highest BCUT2D eigenvalue weighted by molar-refractivity contribution is 7.81. The van der Waals surface area contributed by atoms with Crippen LogP contribution in [0.5, 0.6) is 0 Å². The number of nitrogens with one attached hydrogen (secondary N) is 1. The number of carbonyl (C=O) groups is 2. The van der Waals surface area contributed by atoms with Gasteiger partial charge in [-0.2, -0.15) is 0 Å². The van der Waals surface area contributed by atoms with Gasteiger partial charge >= 0.3 is 0 Å². The molecule has 2 aliphatic carbocycles. The Morgan fingerprint density at radius 3 is 2.52 bits per heavy atom. The fourth-order valence-corrected chi connectivity index (χ4v) is 4.54. The first-order valence-corrected chi connectivity index (χ1v) is 9.89. The summed E-state index contributed by atoms with van der Waals surface area (Å²) >= 11 is 5.74. The smallest absolute Gasteiger partial charge is 0.194 e. The predicted molar refractivity (Wildman–Crippen MR) is 119 cm³/mol. The summed E-state index contributed by atoms with van der Waals surface area (Å²) in [6.45, 7) is 2.01. The number of hydrogen-bond acceptors (Lipinski definition) is 3. The second-order valence-corrected chi connectivity index (χ2v) is 7.78. The lowest BCUT2D eigenvalue weighted by atomic mass is 9.80. The Morgan fingerprint density at radius 1 is 0.966 bits per heavy atom. The molecule has 0 radical (unpaired) electrons. The molecule has 140 valence electrons. The fourth-order valence-electron chi connectivity index (χ4n) is 4.23. The number of thiocarbonyl (C=S) groups is 1. The van der Waals surface area contributed by atoms with Crippen LogP contribution in [-0.2, 0) is 0 Å². The van der Waals surface area contributed by atoms with Gasteiger partial charge in [0.2, 0.25) is 0 Å². The summed E-state index contributed by atoms with van der Waals surface area (Å²) in [5.74, 6) is -0.290. The number of ketones is 2. The molecule has 0 saturated heterocycles. The average molecular weight is 395 g/mol. The van der Waals surface area contributed by atoms with Crippen LogP contribution in [0, 0.1) is 6.92 Å². The van der Waals surface area contributed by atoms with Crippen molar-refractivity contribution in [1.29, 1.82) is 0 Å². The molecule has 5 rings (SSSR count). The van der Waals surface area contributed by atoms with Gasteiger partial charge in [-0.05, 0) is 24.6 Å².